The van der Waals surface area contributed by atoms with E-state index in [-0.39, 0.29) is 17.5 Å². The lowest BCUT2D eigenvalue weighted by Crippen LogP contribution is -2.12. The molecular formula is C19H17F3N4O2. The minimum absolute atomic E-state index is 0.122. The molecule has 28 heavy (non-hydrogen) atoms. The van der Waals surface area contributed by atoms with Gasteiger partial charge in [0.15, 0.2) is 0 Å². The summed E-state index contributed by atoms with van der Waals surface area (Å²) in [4.78, 5) is 21.7. The highest BCUT2D eigenvalue weighted by atomic mass is 19.4. The largest absolute Gasteiger partial charge is 0.475 e. The molecule has 3 N–H and O–H groups in total. The van der Waals surface area contributed by atoms with Gasteiger partial charge >= 0.3 is 6.18 Å². The Morgan fingerprint density at radius 1 is 1.25 bits per heavy atom. The highest BCUT2D eigenvalue weighted by Crippen LogP contribution is 2.34. The third kappa shape index (κ3) is 4.30. The number of nitrogens with one attached hydrogen (secondary N) is 1. The minimum atomic E-state index is -4.62. The number of rotatable bonds is 5. The third-order valence-corrected chi connectivity index (χ3v) is 3.77. The SMILES string of the molecule is CC(C)Oc1cc(-c2cnc3[nH]cc(/C=C/C(N)=O)c3c2)cc(C(F)(F)F)n1. The van der Waals surface area contributed by atoms with E-state index in [1.165, 1.54) is 24.4 Å². The second-order valence-corrected chi connectivity index (χ2v) is 6.34. The van der Waals surface area contributed by atoms with Crippen LogP contribution in [0.1, 0.15) is 25.1 Å². The summed E-state index contributed by atoms with van der Waals surface area (Å²) in [6, 6.07) is 4.05. The number of nitrogens with two attached hydrogens (primary N) is 1. The summed E-state index contributed by atoms with van der Waals surface area (Å²) in [5.74, 6) is -0.735. The van der Waals surface area contributed by atoms with Crippen LogP contribution in [0.2, 0.25) is 0 Å². The van der Waals surface area contributed by atoms with Crippen molar-refractivity contribution in [3.05, 3.63) is 47.9 Å². The highest BCUT2D eigenvalue weighted by Gasteiger charge is 2.33. The van der Waals surface area contributed by atoms with Crippen LogP contribution in [0, 0.1) is 0 Å². The van der Waals surface area contributed by atoms with Gasteiger partial charge in [0.1, 0.15) is 11.3 Å². The lowest BCUT2D eigenvalue weighted by atomic mass is 10.1. The monoisotopic (exact) mass is 390 g/mol. The molecule has 3 heterocycles. The van der Waals surface area contributed by atoms with Gasteiger partial charge in [0, 0.05) is 41.0 Å². The summed E-state index contributed by atoms with van der Waals surface area (Å²) in [5.41, 5.74) is 5.92. The average molecular weight is 390 g/mol. The Labute approximate surface area is 158 Å². The van der Waals surface area contributed by atoms with Gasteiger partial charge in [0.2, 0.25) is 11.8 Å². The molecule has 0 aliphatic heterocycles. The molecule has 3 aromatic heterocycles. The van der Waals surface area contributed by atoms with E-state index in [1.807, 2.05) is 0 Å². The first-order chi connectivity index (χ1) is 13.1. The molecule has 0 fully saturated rings. The molecule has 0 bridgehead atoms. The van der Waals surface area contributed by atoms with Crippen LogP contribution in [-0.4, -0.2) is 27.0 Å². The molecule has 1 amide bonds. The summed E-state index contributed by atoms with van der Waals surface area (Å²) in [6.45, 7) is 3.40. The van der Waals surface area contributed by atoms with Gasteiger partial charge in [-0.05, 0) is 37.6 Å². The zero-order valence-electron chi connectivity index (χ0n) is 15.0. The number of carbonyl (C=O) groups excluding carboxylic acids is 1. The number of alkyl halides is 3. The Hall–Kier alpha value is -3.36. The number of aromatic amines is 1. The first kappa shape index (κ1) is 19.4. The van der Waals surface area contributed by atoms with Gasteiger partial charge in [0.25, 0.3) is 0 Å². The Bertz CT molecular complexity index is 1060. The second-order valence-electron chi connectivity index (χ2n) is 6.34. The van der Waals surface area contributed by atoms with E-state index in [9.17, 15) is 18.0 Å². The van der Waals surface area contributed by atoms with Crippen molar-refractivity contribution < 1.29 is 22.7 Å². The molecule has 146 valence electrons. The molecule has 0 radical (unpaired) electrons. The number of pyridine rings is 2. The van der Waals surface area contributed by atoms with E-state index in [0.717, 1.165) is 6.07 Å². The first-order valence-corrected chi connectivity index (χ1v) is 8.34. The lowest BCUT2D eigenvalue weighted by molar-refractivity contribution is -0.141. The molecule has 3 aromatic rings. The fourth-order valence-electron chi connectivity index (χ4n) is 2.61. The maximum Gasteiger partial charge on any atom is 0.433 e. The van der Waals surface area contributed by atoms with Crippen LogP contribution >= 0.6 is 0 Å². The van der Waals surface area contributed by atoms with E-state index >= 15 is 0 Å². The van der Waals surface area contributed by atoms with E-state index in [4.69, 9.17) is 10.5 Å². The standard InChI is InChI=1S/C19H17F3N4O2/c1-10(2)28-17-7-12(6-15(26-17)19(20,21)22)13-5-14-11(3-4-16(23)27)8-24-18(14)25-9-13/h3-10H,1-2H3,(H2,23,27)(H,24,25)/b4-3+. The topological polar surface area (TPSA) is 93.9 Å². The van der Waals surface area contributed by atoms with Crippen LogP contribution in [0.3, 0.4) is 0 Å². The normalized spacial score (nSPS) is 12.2. The van der Waals surface area contributed by atoms with Crippen LogP contribution in [0.15, 0.2) is 36.7 Å². The molecule has 0 aliphatic rings. The van der Waals surface area contributed by atoms with Crippen LogP contribution in [-0.2, 0) is 11.0 Å². The Kier molecular flexibility index (Phi) is 5.08. The summed E-state index contributed by atoms with van der Waals surface area (Å²) in [5, 5.41) is 0.631. The fourth-order valence-corrected chi connectivity index (χ4v) is 2.61. The molecule has 0 aliphatic carbocycles. The predicted octanol–water partition coefficient (Wildman–Crippen LogP) is 3.93. The van der Waals surface area contributed by atoms with Crippen molar-refractivity contribution in [3.8, 4) is 17.0 Å². The number of hydrogen-bond donors (Lipinski definition) is 2. The number of primary amides is 1. The Morgan fingerprint density at radius 3 is 2.64 bits per heavy atom. The van der Waals surface area contributed by atoms with Gasteiger partial charge in [-0.3, -0.25) is 4.79 Å². The molecule has 9 heteroatoms. The van der Waals surface area contributed by atoms with Crippen LogP contribution < -0.4 is 10.5 Å². The smallest absolute Gasteiger partial charge is 0.433 e. The van der Waals surface area contributed by atoms with Crippen LogP contribution in [0.25, 0.3) is 28.2 Å². The minimum Gasteiger partial charge on any atom is -0.475 e. The predicted molar refractivity (Wildman–Crippen MR) is 98.3 cm³/mol. The van der Waals surface area contributed by atoms with E-state index < -0.39 is 17.8 Å². The molecule has 0 saturated carbocycles. The molecular weight excluding hydrogens is 373 g/mol. The van der Waals surface area contributed by atoms with Crippen molar-refractivity contribution in [2.75, 3.05) is 0 Å². The van der Waals surface area contributed by atoms with Crippen molar-refractivity contribution in [1.82, 2.24) is 15.0 Å². The zero-order chi connectivity index (χ0) is 20.5. The van der Waals surface area contributed by atoms with Gasteiger partial charge in [-0.2, -0.15) is 13.2 Å². The average Bonchev–Trinajstić information content (AvgIpc) is 3.00. The zero-order valence-corrected chi connectivity index (χ0v) is 15.0. The lowest BCUT2D eigenvalue weighted by Gasteiger charge is -2.14. The number of ether oxygens (including phenoxy) is 1. The Balaban J connectivity index is 2.12. The number of H-pyrrole nitrogens is 1. The van der Waals surface area contributed by atoms with E-state index in [1.54, 1.807) is 26.1 Å². The van der Waals surface area contributed by atoms with Crippen molar-refractivity contribution in [1.29, 1.82) is 0 Å². The van der Waals surface area contributed by atoms with Gasteiger partial charge in [-0.15, -0.1) is 0 Å². The van der Waals surface area contributed by atoms with Gasteiger partial charge in [0.05, 0.1) is 6.10 Å². The number of carbonyl (C=O) groups is 1. The first-order valence-electron chi connectivity index (χ1n) is 8.34. The number of hydrogen-bond acceptors (Lipinski definition) is 4. The summed E-state index contributed by atoms with van der Waals surface area (Å²) >= 11 is 0. The molecule has 0 unspecified atom stereocenters. The Morgan fingerprint density at radius 2 is 2.00 bits per heavy atom. The fraction of sp³-hybridized carbons (Fsp3) is 0.211. The number of halogens is 3. The second kappa shape index (κ2) is 7.34. The van der Waals surface area contributed by atoms with Gasteiger partial charge in [-0.1, -0.05) is 0 Å². The van der Waals surface area contributed by atoms with Crippen molar-refractivity contribution in [2.24, 2.45) is 5.73 Å². The number of aromatic nitrogens is 3. The van der Waals surface area contributed by atoms with Crippen molar-refractivity contribution in [2.45, 2.75) is 26.1 Å². The molecule has 0 saturated heterocycles. The highest BCUT2D eigenvalue weighted by molar-refractivity contribution is 5.95. The number of nitrogens with zero attached hydrogens (tertiary/aromatic N) is 2. The summed E-state index contributed by atoms with van der Waals surface area (Å²) in [7, 11) is 0. The van der Waals surface area contributed by atoms with Gasteiger partial charge < -0.3 is 15.5 Å². The molecule has 0 atom stereocenters. The van der Waals surface area contributed by atoms with Crippen molar-refractivity contribution in [3.63, 3.8) is 0 Å². The van der Waals surface area contributed by atoms with E-state index in [0.29, 0.717) is 22.2 Å². The quantitative estimate of drug-likeness (QED) is 0.646. The molecule has 0 aromatic carbocycles. The van der Waals surface area contributed by atoms with E-state index in [2.05, 4.69) is 15.0 Å². The number of amides is 1. The molecule has 6 nitrogen and oxygen atoms in total. The maximum atomic E-state index is 13.3. The summed E-state index contributed by atoms with van der Waals surface area (Å²) < 4.78 is 45.1. The maximum absolute atomic E-state index is 13.3. The van der Waals surface area contributed by atoms with Crippen LogP contribution in [0.4, 0.5) is 13.2 Å². The third-order valence-electron chi connectivity index (χ3n) is 3.77. The van der Waals surface area contributed by atoms with Crippen molar-refractivity contribution >= 4 is 23.0 Å². The van der Waals surface area contributed by atoms with Gasteiger partial charge in [-0.25, -0.2) is 9.97 Å². The molecule has 3 rings (SSSR count). The summed E-state index contributed by atoms with van der Waals surface area (Å²) in [6.07, 6.45) is 0.828. The van der Waals surface area contributed by atoms with Crippen LogP contribution in [0.5, 0.6) is 5.88 Å². The number of fused-ring (bicyclic) bond motifs is 1. The molecule has 0 spiro atoms.